The maximum atomic E-state index is 9.49. The lowest BCUT2D eigenvalue weighted by Crippen LogP contribution is -2.40. The summed E-state index contributed by atoms with van der Waals surface area (Å²) in [6.07, 6.45) is 1.10. The van der Waals surface area contributed by atoms with E-state index in [2.05, 4.69) is 72.0 Å². The van der Waals surface area contributed by atoms with Crippen LogP contribution in [-0.2, 0) is 34.0 Å². The number of hydrogen-bond acceptors (Lipinski definition) is 7. The number of benzene rings is 4. The van der Waals surface area contributed by atoms with Crippen molar-refractivity contribution in [1.82, 2.24) is 5.32 Å². The largest absolute Gasteiger partial charge is 0.494 e. The molecule has 2 unspecified atom stereocenters. The van der Waals surface area contributed by atoms with Gasteiger partial charge >= 0.3 is 0 Å². The lowest BCUT2D eigenvalue weighted by molar-refractivity contribution is 0.0000489. The Morgan fingerprint density at radius 1 is 0.767 bits per heavy atom. The van der Waals surface area contributed by atoms with Gasteiger partial charge in [0.25, 0.3) is 0 Å². The Balaban J connectivity index is 1.09. The quantitative estimate of drug-likeness (QED) is 0.153. The van der Waals surface area contributed by atoms with Gasteiger partial charge < -0.3 is 34.5 Å². The van der Waals surface area contributed by atoms with Gasteiger partial charge in [0.2, 0.25) is 0 Å². The second-order valence-corrected chi connectivity index (χ2v) is 11.1. The van der Waals surface area contributed by atoms with Gasteiger partial charge in [0.1, 0.15) is 11.9 Å². The van der Waals surface area contributed by atoms with Crippen LogP contribution in [0.3, 0.4) is 0 Å². The van der Waals surface area contributed by atoms with Crippen molar-refractivity contribution >= 4 is 10.8 Å². The molecule has 1 aliphatic heterocycles. The minimum Gasteiger partial charge on any atom is -0.494 e. The van der Waals surface area contributed by atoms with Crippen molar-refractivity contribution < 1.29 is 29.2 Å². The van der Waals surface area contributed by atoms with Gasteiger partial charge in [0.15, 0.2) is 0 Å². The molecule has 3 N–H and O–H groups in total. The minimum absolute atomic E-state index is 0.0793. The minimum atomic E-state index is -0.852. The number of aliphatic hydroxyl groups excluding tert-OH is 2. The molecule has 1 saturated heterocycles. The second kappa shape index (κ2) is 16.5. The lowest BCUT2D eigenvalue weighted by atomic mass is 9.87. The molecule has 43 heavy (non-hydrogen) atoms. The van der Waals surface area contributed by atoms with E-state index in [4.69, 9.17) is 24.1 Å². The zero-order valence-electron chi connectivity index (χ0n) is 24.7. The fraction of sp³-hybridized carbons (Fsp3) is 0.389. The SMILES string of the molecule is OC[C@H](O)COCc1ccc2ccc(COC3CNCCC3c3ccc(OCCCOCc4ccccc4)cc3)cc2c1. The lowest BCUT2D eigenvalue weighted by Gasteiger charge is -2.32. The molecule has 0 bridgehead atoms. The topological polar surface area (TPSA) is 89.4 Å². The third-order valence-corrected chi connectivity index (χ3v) is 7.77. The molecule has 1 heterocycles. The van der Waals surface area contributed by atoms with Crippen molar-refractivity contribution in [2.45, 2.75) is 50.8 Å². The van der Waals surface area contributed by atoms with Crippen LogP contribution in [0, 0.1) is 0 Å². The normalized spacial score (nSPS) is 17.6. The van der Waals surface area contributed by atoms with Crippen molar-refractivity contribution in [3.8, 4) is 5.75 Å². The predicted octanol–water partition coefficient (Wildman–Crippen LogP) is 5.36. The molecule has 3 atom stereocenters. The summed E-state index contributed by atoms with van der Waals surface area (Å²) >= 11 is 0. The highest BCUT2D eigenvalue weighted by Gasteiger charge is 2.27. The second-order valence-electron chi connectivity index (χ2n) is 11.1. The molecule has 5 rings (SSSR count). The van der Waals surface area contributed by atoms with E-state index >= 15 is 0 Å². The Morgan fingerprint density at radius 3 is 2.28 bits per heavy atom. The maximum absolute atomic E-state index is 9.49. The maximum Gasteiger partial charge on any atom is 0.119 e. The summed E-state index contributed by atoms with van der Waals surface area (Å²) in [4.78, 5) is 0. The summed E-state index contributed by atoms with van der Waals surface area (Å²) in [6, 6.07) is 31.3. The van der Waals surface area contributed by atoms with Gasteiger partial charge in [-0.05, 0) is 70.3 Å². The molecular weight excluding hydrogens is 542 g/mol. The summed E-state index contributed by atoms with van der Waals surface area (Å²) < 4.78 is 23.7. The number of aliphatic hydroxyl groups is 2. The van der Waals surface area contributed by atoms with E-state index in [1.165, 1.54) is 11.1 Å². The van der Waals surface area contributed by atoms with Crippen LogP contribution in [0.5, 0.6) is 5.75 Å². The van der Waals surface area contributed by atoms with Gasteiger partial charge in [-0.15, -0.1) is 0 Å². The van der Waals surface area contributed by atoms with Crippen LogP contribution in [0.15, 0.2) is 91.0 Å². The molecule has 0 aromatic heterocycles. The molecule has 0 amide bonds. The van der Waals surface area contributed by atoms with E-state index in [1.807, 2.05) is 24.3 Å². The van der Waals surface area contributed by atoms with Crippen LogP contribution in [0.25, 0.3) is 10.8 Å². The van der Waals surface area contributed by atoms with E-state index in [-0.39, 0.29) is 19.3 Å². The first-order valence-corrected chi connectivity index (χ1v) is 15.2. The molecule has 7 heteroatoms. The van der Waals surface area contributed by atoms with E-state index in [0.29, 0.717) is 39.0 Å². The zero-order valence-corrected chi connectivity index (χ0v) is 24.7. The summed E-state index contributed by atoms with van der Waals surface area (Å²) in [5.74, 6) is 1.20. The molecule has 0 saturated carbocycles. The number of ether oxygens (including phenoxy) is 4. The average molecular weight is 586 g/mol. The van der Waals surface area contributed by atoms with E-state index in [9.17, 15) is 5.11 Å². The first kappa shape index (κ1) is 31.1. The Kier molecular flexibility index (Phi) is 12.0. The standard InChI is InChI=1S/C36H43NO6/c38-22-33(39)26-41-24-28-7-9-30-10-8-29(20-32(30)19-28)25-43-36-21-37-16-15-35(36)31-11-13-34(14-12-31)42-18-4-17-40-23-27-5-2-1-3-6-27/h1-3,5-14,19-20,33,35-39H,4,15-18,21-26H2/t33-,35?,36?/m0/s1. The number of piperidine rings is 1. The van der Waals surface area contributed by atoms with Gasteiger partial charge in [-0.1, -0.05) is 66.7 Å². The summed E-state index contributed by atoms with van der Waals surface area (Å²) in [5, 5.41) is 24.2. The number of fused-ring (bicyclic) bond motifs is 1. The Morgan fingerprint density at radius 2 is 1.51 bits per heavy atom. The number of nitrogens with one attached hydrogen (secondary N) is 1. The first-order valence-electron chi connectivity index (χ1n) is 15.2. The van der Waals surface area contributed by atoms with Crippen LogP contribution < -0.4 is 10.1 Å². The van der Waals surface area contributed by atoms with E-state index < -0.39 is 6.10 Å². The Bertz CT molecular complexity index is 1380. The molecule has 7 nitrogen and oxygen atoms in total. The summed E-state index contributed by atoms with van der Waals surface area (Å²) in [7, 11) is 0. The van der Waals surface area contributed by atoms with Crippen molar-refractivity contribution in [2.24, 2.45) is 0 Å². The molecule has 1 fully saturated rings. The molecule has 4 aromatic carbocycles. The highest BCUT2D eigenvalue weighted by atomic mass is 16.5. The third kappa shape index (κ3) is 9.60. The molecule has 228 valence electrons. The predicted molar refractivity (Wildman–Crippen MR) is 168 cm³/mol. The van der Waals surface area contributed by atoms with Gasteiger partial charge in [0.05, 0.1) is 52.4 Å². The molecule has 4 aromatic rings. The van der Waals surface area contributed by atoms with Gasteiger partial charge in [-0.3, -0.25) is 0 Å². The van der Waals surface area contributed by atoms with Crippen LogP contribution in [0.1, 0.15) is 41.0 Å². The van der Waals surface area contributed by atoms with Crippen molar-refractivity contribution in [3.63, 3.8) is 0 Å². The zero-order chi connectivity index (χ0) is 29.7. The average Bonchev–Trinajstić information content (AvgIpc) is 3.06. The number of rotatable bonds is 16. The monoisotopic (exact) mass is 585 g/mol. The molecule has 1 aliphatic rings. The Hall–Kier alpha value is -3.30. The van der Waals surface area contributed by atoms with Crippen molar-refractivity contribution in [2.75, 3.05) is 39.5 Å². The van der Waals surface area contributed by atoms with Crippen molar-refractivity contribution in [1.29, 1.82) is 0 Å². The van der Waals surface area contributed by atoms with Gasteiger partial charge in [-0.2, -0.15) is 0 Å². The van der Waals surface area contributed by atoms with E-state index in [0.717, 1.165) is 53.6 Å². The molecular formula is C36H43NO6. The van der Waals surface area contributed by atoms with E-state index in [1.54, 1.807) is 0 Å². The smallest absolute Gasteiger partial charge is 0.119 e. The summed E-state index contributed by atoms with van der Waals surface area (Å²) in [5.41, 5.74) is 4.61. The van der Waals surface area contributed by atoms with Gasteiger partial charge in [-0.25, -0.2) is 0 Å². The highest BCUT2D eigenvalue weighted by molar-refractivity contribution is 5.83. The fourth-order valence-corrected chi connectivity index (χ4v) is 5.41. The highest BCUT2D eigenvalue weighted by Crippen LogP contribution is 2.30. The molecule has 0 radical (unpaired) electrons. The number of hydrogen-bond donors (Lipinski definition) is 3. The summed E-state index contributed by atoms with van der Waals surface area (Å²) in [6.45, 7) is 4.45. The van der Waals surface area contributed by atoms with Crippen LogP contribution in [0.2, 0.25) is 0 Å². The fourth-order valence-electron chi connectivity index (χ4n) is 5.41. The third-order valence-electron chi connectivity index (χ3n) is 7.77. The van der Waals surface area contributed by atoms with Crippen LogP contribution >= 0.6 is 0 Å². The molecule has 0 spiro atoms. The van der Waals surface area contributed by atoms with Gasteiger partial charge in [0, 0.05) is 18.9 Å². The molecule has 0 aliphatic carbocycles. The van der Waals surface area contributed by atoms with Crippen LogP contribution in [-0.4, -0.2) is 61.9 Å². The van der Waals surface area contributed by atoms with Crippen LogP contribution in [0.4, 0.5) is 0 Å². The first-order chi connectivity index (χ1) is 21.2. The van der Waals surface area contributed by atoms with Crippen molar-refractivity contribution in [3.05, 3.63) is 113 Å². The Labute approximate surface area is 254 Å².